The number of aromatic nitrogens is 2. The highest BCUT2D eigenvalue weighted by atomic mass is 19.4. The molecule has 2 aromatic rings. The standard InChI is InChI=1S/C22H24F4N6O5/c1-11(22(24,25)26)28-20(35)18-15(23)7-16-19(30-18)32(12-3-5-31(16)8-12)21(36)29-17-6-14(2-4-27-17)37-10-13(34)9-33/h2,4,6-7,11-13,33-34H,3,5,8-10H2,1H3,(H,28,35)(H,27,29,36)/t11?,12-,13?/m0/s1. The number of nitrogens with zero attached hydrogens (tertiary/aromatic N) is 4. The Morgan fingerprint density at radius 1 is 1.32 bits per heavy atom. The zero-order valence-corrected chi connectivity index (χ0v) is 19.5. The highest BCUT2D eigenvalue weighted by Gasteiger charge is 2.42. The van der Waals surface area contributed by atoms with Gasteiger partial charge in [-0.3, -0.25) is 15.0 Å². The monoisotopic (exact) mass is 528 g/mol. The number of urea groups is 1. The van der Waals surface area contributed by atoms with Crippen molar-refractivity contribution in [3.8, 4) is 5.75 Å². The summed E-state index contributed by atoms with van der Waals surface area (Å²) in [5.74, 6) is -2.23. The first-order valence-corrected chi connectivity index (χ1v) is 11.3. The summed E-state index contributed by atoms with van der Waals surface area (Å²) in [6.07, 6.45) is -3.99. The summed E-state index contributed by atoms with van der Waals surface area (Å²) in [6, 6.07) is 0.495. The first kappa shape index (κ1) is 26.3. The van der Waals surface area contributed by atoms with Gasteiger partial charge in [-0.2, -0.15) is 13.2 Å². The van der Waals surface area contributed by atoms with Crippen LogP contribution in [0.5, 0.6) is 5.75 Å². The van der Waals surface area contributed by atoms with Gasteiger partial charge in [-0.05, 0) is 19.4 Å². The van der Waals surface area contributed by atoms with Crippen LogP contribution < -0.4 is 25.2 Å². The van der Waals surface area contributed by atoms with E-state index in [0.717, 1.165) is 13.0 Å². The highest BCUT2D eigenvalue weighted by Crippen LogP contribution is 2.40. The predicted molar refractivity (Wildman–Crippen MR) is 122 cm³/mol. The molecule has 15 heteroatoms. The molecule has 0 aliphatic carbocycles. The zero-order valence-electron chi connectivity index (χ0n) is 19.5. The topological polar surface area (TPSA) is 140 Å². The lowest BCUT2D eigenvalue weighted by Gasteiger charge is -2.35. The number of hydrogen-bond donors (Lipinski definition) is 4. The van der Waals surface area contributed by atoms with Crippen LogP contribution in [-0.2, 0) is 0 Å². The third kappa shape index (κ3) is 5.67. The molecule has 200 valence electrons. The quantitative estimate of drug-likeness (QED) is 0.398. The van der Waals surface area contributed by atoms with E-state index in [1.165, 1.54) is 23.2 Å². The molecule has 4 rings (SSSR count). The van der Waals surface area contributed by atoms with Crippen molar-refractivity contribution in [2.45, 2.75) is 37.7 Å². The van der Waals surface area contributed by atoms with Crippen LogP contribution >= 0.6 is 0 Å². The average Bonchev–Trinajstić information content (AvgIpc) is 3.26. The molecule has 11 nitrogen and oxygen atoms in total. The lowest BCUT2D eigenvalue weighted by Crippen LogP contribution is -2.49. The minimum absolute atomic E-state index is 0.0713. The number of ether oxygens (including phenoxy) is 1. The first-order chi connectivity index (χ1) is 17.5. The van der Waals surface area contributed by atoms with Crippen molar-refractivity contribution >= 4 is 29.3 Å². The summed E-state index contributed by atoms with van der Waals surface area (Å²) in [5, 5.41) is 22.6. The van der Waals surface area contributed by atoms with Crippen LogP contribution in [0.3, 0.4) is 0 Å². The Labute approximate surface area is 208 Å². The number of amides is 3. The van der Waals surface area contributed by atoms with E-state index in [1.807, 2.05) is 0 Å². The van der Waals surface area contributed by atoms with Gasteiger partial charge in [-0.25, -0.2) is 19.2 Å². The van der Waals surface area contributed by atoms with Crippen LogP contribution in [-0.4, -0.2) is 82.8 Å². The molecule has 4 heterocycles. The van der Waals surface area contributed by atoms with Gasteiger partial charge in [0.1, 0.15) is 30.3 Å². The van der Waals surface area contributed by atoms with Gasteiger partial charge >= 0.3 is 12.2 Å². The molecule has 37 heavy (non-hydrogen) atoms. The van der Waals surface area contributed by atoms with Crippen LogP contribution in [0, 0.1) is 5.82 Å². The molecular weight excluding hydrogens is 504 g/mol. The van der Waals surface area contributed by atoms with Gasteiger partial charge < -0.3 is 25.2 Å². The van der Waals surface area contributed by atoms with E-state index in [9.17, 15) is 32.3 Å². The summed E-state index contributed by atoms with van der Waals surface area (Å²) < 4.78 is 58.8. The summed E-state index contributed by atoms with van der Waals surface area (Å²) in [4.78, 5) is 36.7. The predicted octanol–water partition coefficient (Wildman–Crippen LogP) is 1.66. The maximum absolute atomic E-state index is 14.8. The number of rotatable bonds is 7. The number of fused-ring (bicyclic) bond motifs is 4. The summed E-state index contributed by atoms with van der Waals surface area (Å²) >= 11 is 0. The highest BCUT2D eigenvalue weighted by molar-refractivity contribution is 6.05. The number of aliphatic hydroxyl groups is 2. The Morgan fingerprint density at radius 3 is 2.78 bits per heavy atom. The molecule has 1 saturated heterocycles. The lowest BCUT2D eigenvalue weighted by molar-refractivity contribution is -0.149. The number of carbonyl (C=O) groups excluding carboxylic acids is 2. The molecular formula is C22H24F4N6O5. The van der Waals surface area contributed by atoms with Crippen molar-refractivity contribution in [1.29, 1.82) is 0 Å². The Hall–Kier alpha value is -3.72. The van der Waals surface area contributed by atoms with E-state index in [-0.39, 0.29) is 29.7 Å². The van der Waals surface area contributed by atoms with Gasteiger partial charge in [-0.1, -0.05) is 0 Å². The summed E-state index contributed by atoms with van der Waals surface area (Å²) in [5.41, 5.74) is -0.643. The minimum Gasteiger partial charge on any atom is -0.491 e. The molecule has 2 aromatic heterocycles. The van der Waals surface area contributed by atoms with Crippen molar-refractivity contribution in [2.24, 2.45) is 0 Å². The second-order valence-corrected chi connectivity index (χ2v) is 8.61. The van der Waals surface area contributed by atoms with E-state index >= 15 is 0 Å². The van der Waals surface area contributed by atoms with Crippen molar-refractivity contribution in [3.05, 3.63) is 35.9 Å². The second-order valence-electron chi connectivity index (χ2n) is 8.61. The number of pyridine rings is 2. The minimum atomic E-state index is -4.74. The van der Waals surface area contributed by atoms with Gasteiger partial charge in [0, 0.05) is 31.4 Å². The normalized spacial score (nSPS) is 18.2. The van der Waals surface area contributed by atoms with Gasteiger partial charge in [0.15, 0.2) is 17.3 Å². The third-order valence-corrected chi connectivity index (χ3v) is 5.93. The molecule has 3 atom stereocenters. The molecule has 0 saturated carbocycles. The average molecular weight is 528 g/mol. The van der Waals surface area contributed by atoms with Crippen LogP contribution in [0.1, 0.15) is 23.8 Å². The number of anilines is 3. The van der Waals surface area contributed by atoms with Crippen molar-refractivity contribution < 1.29 is 42.1 Å². The van der Waals surface area contributed by atoms with Gasteiger partial charge in [-0.15, -0.1) is 0 Å². The van der Waals surface area contributed by atoms with Crippen molar-refractivity contribution in [3.63, 3.8) is 0 Å². The fourth-order valence-corrected chi connectivity index (χ4v) is 3.98. The maximum atomic E-state index is 14.8. The van der Waals surface area contributed by atoms with Crippen molar-refractivity contribution in [2.75, 3.05) is 41.4 Å². The molecule has 2 unspecified atom stereocenters. The van der Waals surface area contributed by atoms with Crippen molar-refractivity contribution in [1.82, 2.24) is 15.3 Å². The van der Waals surface area contributed by atoms with Crippen LogP contribution in [0.15, 0.2) is 24.4 Å². The van der Waals surface area contributed by atoms with Gasteiger partial charge in [0.25, 0.3) is 5.91 Å². The Kier molecular flexibility index (Phi) is 7.36. The molecule has 0 aromatic carbocycles. The van der Waals surface area contributed by atoms with Crippen LogP contribution in [0.2, 0.25) is 0 Å². The summed E-state index contributed by atoms with van der Waals surface area (Å²) in [6.45, 7) is 0.875. The first-order valence-electron chi connectivity index (χ1n) is 11.3. The van der Waals surface area contributed by atoms with E-state index in [0.29, 0.717) is 19.5 Å². The smallest absolute Gasteiger partial charge is 0.408 e. The Bertz CT molecular complexity index is 1180. The van der Waals surface area contributed by atoms with Crippen LogP contribution in [0.25, 0.3) is 0 Å². The molecule has 4 N–H and O–H groups in total. The maximum Gasteiger partial charge on any atom is 0.408 e. The Morgan fingerprint density at radius 2 is 2.08 bits per heavy atom. The number of carbonyl (C=O) groups is 2. The fourth-order valence-electron chi connectivity index (χ4n) is 3.98. The molecule has 2 aliphatic rings. The van der Waals surface area contributed by atoms with E-state index in [1.54, 1.807) is 10.2 Å². The third-order valence-electron chi connectivity index (χ3n) is 5.93. The number of nitrogens with one attached hydrogen (secondary N) is 2. The second kappa shape index (κ2) is 10.3. The van der Waals surface area contributed by atoms with E-state index in [4.69, 9.17) is 9.84 Å². The molecule has 2 bridgehead atoms. The number of aliphatic hydroxyl groups excluding tert-OH is 2. The molecule has 0 radical (unpaired) electrons. The van der Waals surface area contributed by atoms with E-state index < -0.39 is 54.4 Å². The Balaban J connectivity index is 1.59. The largest absolute Gasteiger partial charge is 0.491 e. The fraction of sp³-hybridized carbons (Fsp3) is 0.455. The van der Waals surface area contributed by atoms with Gasteiger partial charge in [0.05, 0.1) is 18.3 Å². The van der Waals surface area contributed by atoms with Gasteiger partial charge in [0.2, 0.25) is 0 Å². The van der Waals surface area contributed by atoms with E-state index in [2.05, 4.69) is 15.3 Å². The molecule has 0 spiro atoms. The zero-order chi connectivity index (χ0) is 26.9. The molecule has 1 fully saturated rings. The molecule has 2 aliphatic heterocycles. The summed E-state index contributed by atoms with van der Waals surface area (Å²) in [7, 11) is 0. The number of hydrogen-bond acceptors (Lipinski definition) is 8. The number of halogens is 4. The SMILES string of the molecule is CC(NC(=O)c1nc2c(cc1F)N1CC[C@@H](C1)N2C(=O)Nc1cc(OCC(O)CO)ccn1)C(F)(F)F. The number of alkyl halides is 3. The molecule has 3 amide bonds. The van der Waals surface area contributed by atoms with Crippen LogP contribution in [0.4, 0.5) is 39.7 Å². The lowest BCUT2D eigenvalue weighted by atomic mass is 10.1.